The van der Waals surface area contributed by atoms with E-state index < -0.39 is 18.1 Å². The molecule has 1 heterocycles. The molecule has 0 unspecified atom stereocenters. The van der Waals surface area contributed by atoms with Gasteiger partial charge in [-0.2, -0.15) is 0 Å². The van der Waals surface area contributed by atoms with Crippen molar-refractivity contribution in [2.45, 2.75) is 31.9 Å². The third-order valence-corrected chi connectivity index (χ3v) is 3.63. The van der Waals surface area contributed by atoms with Crippen LogP contribution in [0.1, 0.15) is 31.4 Å². The minimum Gasteiger partial charge on any atom is -0.463 e. The number of carbonyl (C=O) groups excluding carboxylic acids is 2. The van der Waals surface area contributed by atoms with Crippen LogP contribution in [0.15, 0.2) is 42.5 Å². The average molecular weight is 303 g/mol. The van der Waals surface area contributed by atoms with E-state index in [0.29, 0.717) is 6.42 Å². The van der Waals surface area contributed by atoms with Crippen molar-refractivity contribution in [3.05, 3.63) is 48.0 Å². The number of amides is 1. The van der Waals surface area contributed by atoms with Gasteiger partial charge in [0.1, 0.15) is 12.7 Å². The molecular formula is C17H21NO4. The van der Waals surface area contributed by atoms with Crippen LogP contribution in [0.4, 0.5) is 0 Å². The highest BCUT2D eigenvalue weighted by molar-refractivity contribution is 5.81. The zero-order valence-electron chi connectivity index (χ0n) is 12.6. The summed E-state index contributed by atoms with van der Waals surface area (Å²) in [6.45, 7) is 1.85. The molecule has 1 aromatic carbocycles. The maximum absolute atomic E-state index is 12.0. The minimum absolute atomic E-state index is 0.0510. The number of ether oxygens (including phenoxy) is 1. The topological polar surface area (TPSA) is 75.6 Å². The molecule has 22 heavy (non-hydrogen) atoms. The van der Waals surface area contributed by atoms with Crippen LogP contribution in [-0.2, 0) is 14.3 Å². The van der Waals surface area contributed by atoms with E-state index in [1.165, 1.54) is 0 Å². The van der Waals surface area contributed by atoms with E-state index in [-0.39, 0.29) is 24.9 Å². The number of carbonyl (C=O) groups is 2. The Kier molecular flexibility index (Phi) is 5.72. The fourth-order valence-corrected chi connectivity index (χ4v) is 2.21. The van der Waals surface area contributed by atoms with E-state index in [4.69, 9.17) is 4.74 Å². The van der Waals surface area contributed by atoms with Crippen molar-refractivity contribution in [1.29, 1.82) is 0 Å². The number of cyclic esters (lactones) is 1. The molecule has 0 radical (unpaired) electrons. The van der Waals surface area contributed by atoms with E-state index in [0.717, 1.165) is 5.56 Å². The molecule has 1 aromatic rings. The number of aliphatic hydroxyl groups is 1. The monoisotopic (exact) mass is 303 g/mol. The number of benzene rings is 1. The van der Waals surface area contributed by atoms with Crippen LogP contribution in [0.3, 0.4) is 0 Å². The Morgan fingerprint density at radius 1 is 1.14 bits per heavy atom. The Labute approximate surface area is 130 Å². The van der Waals surface area contributed by atoms with Crippen LogP contribution in [-0.4, -0.2) is 29.7 Å². The van der Waals surface area contributed by atoms with Gasteiger partial charge < -0.3 is 15.2 Å². The normalized spacial score (nSPS) is 27.3. The molecule has 1 amide bonds. The minimum atomic E-state index is -1.10. The summed E-state index contributed by atoms with van der Waals surface area (Å²) in [4.78, 5) is 24.0. The lowest BCUT2D eigenvalue weighted by molar-refractivity contribution is -0.149. The maximum atomic E-state index is 12.0. The summed E-state index contributed by atoms with van der Waals surface area (Å²) in [5, 5.41) is 12.6. The van der Waals surface area contributed by atoms with Crippen molar-refractivity contribution in [1.82, 2.24) is 5.32 Å². The second-order valence-electron chi connectivity index (χ2n) is 5.46. The molecule has 0 aliphatic carbocycles. The van der Waals surface area contributed by atoms with Gasteiger partial charge in [0.25, 0.3) is 0 Å². The smallest absolute Gasteiger partial charge is 0.309 e. The molecular weight excluding hydrogens is 282 g/mol. The van der Waals surface area contributed by atoms with Crippen LogP contribution in [0.25, 0.3) is 0 Å². The summed E-state index contributed by atoms with van der Waals surface area (Å²) in [7, 11) is 0. The second kappa shape index (κ2) is 7.75. The van der Waals surface area contributed by atoms with Crippen LogP contribution in [0, 0.1) is 5.92 Å². The molecule has 0 saturated heterocycles. The summed E-state index contributed by atoms with van der Waals surface area (Å²) < 4.78 is 5.31. The van der Waals surface area contributed by atoms with Gasteiger partial charge in [-0.25, -0.2) is 0 Å². The largest absolute Gasteiger partial charge is 0.463 e. The van der Waals surface area contributed by atoms with Gasteiger partial charge in [-0.15, -0.1) is 0 Å². The molecule has 2 rings (SSSR count). The lowest BCUT2D eigenvalue weighted by Crippen LogP contribution is -2.39. The van der Waals surface area contributed by atoms with Crippen LogP contribution < -0.4 is 5.32 Å². The maximum Gasteiger partial charge on any atom is 0.309 e. The Hall–Kier alpha value is -2.14. The lowest BCUT2D eigenvalue weighted by atomic mass is 10.0. The quantitative estimate of drug-likeness (QED) is 0.612. The molecule has 0 aromatic heterocycles. The molecule has 0 spiro atoms. The van der Waals surface area contributed by atoms with Gasteiger partial charge in [0, 0.05) is 6.42 Å². The molecule has 1 aliphatic heterocycles. The van der Waals surface area contributed by atoms with Crippen molar-refractivity contribution in [3.8, 4) is 0 Å². The summed E-state index contributed by atoms with van der Waals surface area (Å²) in [6.07, 6.45) is 3.16. The number of allylic oxidation sites excluding steroid dienone is 1. The van der Waals surface area contributed by atoms with Gasteiger partial charge in [0.05, 0.1) is 12.0 Å². The molecule has 0 bridgehead atoms. The van der Waals surface area contributed by atoms with Gasteiger partial charge in [-0.1, -0.05) is 49.4 Å². The fourth-order valence-electron chi connectivity index (χ4n) is 2.21. The van der Waals surface area contributed by atoms with Gasteiger partial charge in [0.15, 0.2) is 0 Å². The number of aliphatic hydroxyl groups excluding tert-OH is 1. The molecule has 0 saturated carbocycles. The Balaban J connectivity index is 2.19. The van der Waals surface area contributed by atoms with Crippen molar-refractivity contribution in [3.63, 3.8) is 0 Å². The highest BCUT2D eigenvalue weighted by Gasteiger charge is 2.23. The Morgan fingerprint density at radius 2 is 1.82 bits per heavy atom. The van der Waals surface area contributed by atoms with Gasteiger partial charge in [-0.05, 0) is 12.0 Å². The Bertz CT molecular complexity index is 541. The van der Waals surface area contributed by atoms with E-state index >= 15 is 0 Å². The first-order valence-electron chi connectivity index (χ1n) is 7.43. The third kappa shape index (κ3) is 4.43. The molecule has 118 valence electrons. The standard InChI is InChI=1S/C17H21NO4/c1-12-7-5-6-10-15(19)16(20)18-14(11-22-17(12)21)13-8-3-2-4-9-13/h2-6,8-9,12,14-15,19H,7,10-11H2,1H3,(H,18,20)/t12-,14+,15-/m1/s1. The summed E-state index contributed by atoms with van der Waals surface area (Å²) in [6, 6.07) is 8.79. The van der Waals surface area contributed by atoms with Crippen LogP contribution in [0.5, 0.6) is 0 Å². The van der Waals surface area contributed by atoms with Crippen molar-refractivity contribution in [2.24, 2.45) is 5.92 Å². The highest BCUT2D eigenvalue weighted by Crippen LogP contribution is 2.16. The molecule has 0 fully saturated rings. The first-order valence-corrected chi connectivity index (χ1v) is 7.43. The van der Waals surface area contributed by atoms with E-state index in [1.807, 2.05) is 30.3 Å². The van der Waals surface area contributed by atoms with E-state index in [1.54, 1.807) is 19.1 Å². The van der Waals surface area contributed by atoms with Crippen LogP contribution in [0.2, 0.25) is 0 Å². The van der Waals surface area contributed by atoms with Crippen molar-refractivity contribution >= 4 is 11.9 Å². The number of hydrogen-bond acceptors (Lipinski definition) is 4. The van der Waals surface area contributed by atoms with Crippen LogP contribution >= 0.6 is 0 Å². The number of hydrogen-bond donors (Lipinski definition) is 2. The number of esters is 1. The van der Waals surface area contributed by atoms with Gasteiger partial charge in [-0.3, -0.25) is 9.59 Å². The first-order chi connectivity index (χ1) is 10.6. The number of rotatable bonds is 1. The molecule has 3 atom stereocenters. The van der Waals surface area contributed by atoms with Crippen molar-refractivity contribution in [2.75, 3.05) is 6.61 Å². The first kappa shape index (κ1) is 16.2. The predicted molar refractivity (Wildman–Crippen MR) is 81.8 cm³/mol. The van der Waals surface area contributed by atoms with Gasteiger partial charge >= 0.3 is 5.97 Å². The van der Waals surface area contributed by atoms with Crippen molar-refractivity contribution < 1.29 is 19.4 Å². The summed E-state index contributed by atoms with van der Waals surface area (Å²) in [5.74, 6) is -1.01. The summed E-state index contributed by atoms with van der Waals surface area (Å²) >= 11 is 0. The third-order valence-electron chi connectivity index (χ3n) is 3.63. The van der Waals surface area contributed by atoms with Gasteiger partial charge in [0.2, 0.25) is 5.91 Å². The Morgan fingerprint density at radius 3 is 2.55 bits per heavy atom. The molecule has 1 aliphatic rings. The SMILES string of the molecule is C[C@@H]1CC=CC[C@@H](O)C(=O)N[C@H](c2ccccc2)COC1=O. The molecule has 5 heteroatoms. The lowest BCUT2D eigenvalue weighted by Gasteiger charge is -2.22. The second-order valence-corrected chi connectivity index (χ2v) is 5.46. The molecule has 2 N–H and O–H groups in total. The molecule has 5 nitrogen and oxygen atoms in total. The fraction of sp³-hybridized carbons (Fsp3) is 0.412. The highest BCUT2D eigenvalue weighted by atomic mass is 16.5. The average Bonchev–Trinajstić information content (AvgIpc) is 2.54. The van der Waals surface area contributed by atoms with E-state index in [2.05, 4.69) is 5.32 Å². The zero-order chi connectivity index (χ0) is 15.9. The summed E-state index contributed by atoms with van der Waals surface area (Å²) in [5.41, 5.74) is 0.830. The van der Waals surface area contributed by atoms with E-state index in [9.17, 15) is 14.7 Å². The number of nitrogens with one attached hydrogen (secondary N) is 1. The zero-order valence-corrected chi connectivity index (χ0v) is 12.6. The predicted octanol–water partition coefficient (Wildman–Crippen LogP) is 1.73.